The molecule has 11 heteroatoms. The zero-order chi connectivity index (χ0) is 24.8. The fraction of sp³-hybridized carbons (Fsp3) is 0.417. The first-order valence-corrected chi connectivity index (χ1v) is 11.6. The first-order valence-electron chi connectivity index (χ1n) is 11.6. The minimum Gasteiger partial charge on any atom is -0.365 e. The zero-order valence-corrected chi connectivity index (χ0v) is 19.4. The molecule has 1 aromatic heterocycles. The van der Waals surface area contributed by atoms with Crippen LogP contribution in [0.3, 0.4) is 0 Å². The van der Waals surface area contributed by atoms with Crippen LogP contribution in [0.25, 0.3) is 0 Å². The Kier molecular flexibility index (Phi) is 7.22. The summed E-state index contributed by atoms with van der Waals surface area (Å²) in [6.45, 7) is 2.27. The van der Waals surface area contributed by atoms with Crippen molar-refractivity contribution in [3.8, 4) is 6.07 Å². The van der Waals surface area contributed by atoms with E-state index >= 15 is 0 Å². The Hall–Kier alpha value is -4.04. The third kappa shape index (κ3) is 5.73. The van der Waals surface area contributed by atoms with E-state index in [4.69, 9.17) is 11.1 Å². The number of benzene rings is 1. The molecule has 11 nitrogen and oxygen atoms in total. The van der Waals surface area contributed by atoms with Gasteiger partial charge >= 0.3 is 0 Å². The molecular weight excluding hydrogens is 446 g/mol. The molecule has 0 atom stereocenters. The highest BCUT2D eigenvalue weighted by Gasteiger charge is 2.39. The van der Waals surface area contributed by atoms with Crippen LogP contribution < -0.4 is 16.5 Å². The number of nitrogens with two attached hydrogens (primary N) is 1. The van der Waals surface area contributed by atoms with Gasteiger partial charge in [0.05, 0.1) is 29.9 Å². The smallest absolute Gasteiger partial charge is 0.254 e. The maximum absolute atomic E-state index is 12.3. The summed E-state index contributed by atoms with van der Waals surface area (Å²) in [5, 5.41) is 27.7. The number of hydrogen-bond acceptors (Lipinski definition) is 8. The lowest BCUT2D eigenvalue weighted by Crippen LogP contribution is -2.46. The van der Waals surface area contributed by atoms with Gasteiger partial charge in [-0.25, -0.2) is 0 Å². The van der Waals surface area contributed by atoms with Gasteiger partial charge in [0.2, 0.25) is 5.91 Å². The molecule has 0 bridgehead atoms. The van der Waals surface area contributed by atoms with Crippen LogP contribution >= 0.6 is 0 Å². The molecule has 2 aromatic rings. The Morgan fingerprint density at radius 3 is 2.60 bits per heavy atom. The number of hydrazone groups is 1. The second-order valence-electron chi connectivity index (χ2n) is 9.05. The molecule has 0 unspecified atom stereocenters. The van der Waals surface area contributed by atoms with E-state index in [1.807, 2.05) is 24.3 Å². The maximum atomic E-state index is 12.3. The maximum Gasteiger partial charge on any atom is 0.254 e. The highest BCUT2D eigenvalue weighted by molar-refractivity contribution is 6.14. The minimum atomic E-state index is -0.659. The number of amides is 2. The van der Waals surface area contributed by atoms with Gasteiger partial charge in [0.1, 0.15) is 5.56 Å². The van der Waals surface area contributed by atoms with Crippen LogP contribution in [-0.2, 0) is 16.9 Å². The van der Waals surface area contributed by atoms with E-state index in [-0.39, 0.29) is 29.6 Å². The molecule has 2 aliphatic rings. The highest BCUT2D eigenvalue weighted by atomic mass is 16.2. The number of likely N-dealkylation sites (tertiary alicyclic amines) is 1. The Labute approximate surface area is 203 Å². The second kappa shape index (κ2) is 10.5. The van der Waals surface area contributed by atoms with Crippen molar-refractivity contribution >= 4 is 35.7 Å². The summed E-state index contributed by atoms with van der Waals surface area (Å²) in [6, 6.07) is 10.2. The lowest BCUT2D eigenvalue weighted by atomic mass is 9.84. The fourth-order valence-corrected chi connectivity index (χ4v) is 4.31. The number of nitrogens with zero attached hydrogens (tertiary/aromatic N) is 5. The Morgan fingerprint density at radius 2 is 2.00 bits per heavy atom. The molecule has 4 rings (SSSR count). The number of anilines is 2. The van der Waals surface area contributed by atoms with E-state index in [0.29, 0.717) is 12.8 Å². The largest absolute Gasteiger partial charge is 0.365 e. The monoisotopic (exact) mass is 475 g/mol. The van der Waals surface area contributed by atoms with Gasteiger partial charge in [-0.1, -0.05) is 12.1 Å². The van der Waals surface area contributed by atoms with Crippen molar-refractivity contribution in [2.24, 2.45) is 16.8 Å². The summed E-state index contributed by atoms with van der Waals surface area (Å²) >= 11 is 0. The summed E-state index contributed by atoms with van der Waals surface area (Å²) in [5.41, 5.74) is 10.0. The predicted molar refractivity (Wildman–Crippen MR) is 132 cm³/mol. The molecule has 2 heterocycles. The van der Waals surface area contributed by atoms with Crippen LogP contribution in [0.4, 0.5) is 11.5 Å². The van der Waals surface area contributed by atoms with E-state index in [0.717, 1.165) is 49.9 Å². The summed E-state index contributed by atoms with van der Waals surface area (Å²) in [4.78, 5) is 26.6. The number of hydrogen-bond donors (Lipinski definition) is 4. The first kappa shape index (κ1) is 24.1. The van der Waals surface area contributed by atoms with Crippen molar-refractivity contribution in [3.05, 3.63) is 41.6 Å². The normalized spacial score (nSPS) is 17.6. The second-order valence-corrected chi connectivity index (χ2v) is 9.05. The lowest BCUT2D eigenvalue weighted by Gasteiger charge is -2.40. The van der Waals surface area contributed by atoms with Gasteiger partial charge in [-0.05, 0) is 43.4 Å². The topological polar surface area (TPSA) is 165 Å². The van der Waals surface area contributed by atoms with Gasteiger partial charge in [0.25, 0.3) is 5.91 Å². The third-order valence-corrected chi connectivity index (χ3v) is 6.55. The summed E-state index contributed by atoms with van der Waals surface area (Å²) in [6.07, 6.45) is 7.31. The molecular formula is C24H29N9O2. The standard InChI is InChI=1S/C24H29N9O2/c25-10-7-24(33-16-20(21(27)34)22(31-33)29-23(35)18-3-4-18)8-13-32(14-9-24)15-17-1-5-19(6-2-17)30-28-12-11-26/h1-2,5-6,11-12,16,18,26,30H,3-4,7-9,13-15H2,(H2,27,34)(H,29,31,35)/b26-11?,28-12-. The van der Waals surface area contributed by atoms with Crippen molar-refractivity contribution < 1.29 is 9.59 Å². The van der Waals surface area contributed by atoms with Gasteiger partial charge in [-0.3, -0.25) is 24.6 Å². The Morgan fingerprint density at radius 1 is 1.29 bits per heavy atom. The van der Waals surface area contributed by atoms with Crippen molar-refractivity contribution in [1.82, 2.24) is 14.7 Å². The third-order valence-electron chi connectivity index (χ3n) is 6.55. The SMILES string of the molecule is N#CCC1(n2cc(C(N)=O)c(NC(=O)C3CC3)n2)CCN(Cc2ccc(N/N=C\C=N)cc2)CC1. The average Bonchev–Trinajstić information content (AvgIpc) is 3.62. The van der Waals surface area contributed by atoms with Crippen LogP contribution in [0.5, 0.6) is 0 Å². The molecule has 1 saturated carbocycles. The molecule has 1 saturated heterocycles. The molecule has 1 aliphatic heterocycles. The average molecular weight is 476 g/mol. The molecule has 2 fully saturated rings. The molecule has 1 aromatic carbocycles. The van der Waals surface area contributed by atoms with Gasteiger partial charge < -0.3 is 16.5 Å². The minimum absolute atomic E-state index is 0.0310. The van der Waals surface area contributed by atoms with E-state index in [1.165, 1.54) is 6.21 Å². The van der Waals surface area contributed by atoms with Crippen LogP contribution in [0.15, 0.2) is 35.6 Å². The molecule has 1 aliphatic carbocycles. The van der Waals surface area contributed by atoms with E-state index in [1.54, 1.807) is 10.9 Å². The number of nitriles is 1. The van der Waals surface area contributed by atoms with Gasteiger partial charge in [0.15, 0.2) is 5.82 Å². The molecule has 2 amide bonds. The fourth-order valence-electron chi connectivity index (χ4n) is 4.31. The van der Waals surface area contributed by atoms with E-state index < -0.39 is 11.4 Å². The number of primary amides is 1. The van der Waals surface area contributed by atoms with E-state index in [2.05, 4.69) is 31.9 Å². The van der Waals surface area contributed by atoms with Gasteiger partial charge in [0, 0.05) is 38.0 Å². The Balaban J connectivity index is 1.44. The number of nitrogens with one attached hydrogen (secondary N) is 3. The molecule has 0 radical (unpaired) electrons. The van der Waals surface area contributed by atoms with Gasteiger partial charge in [-0.2, -0.15) is 15.5 Å². The number of carbonyl (C=O) groups excluding carboxylic acids is 2. The number of piperidine rings is 1. The summed E-state index contributed by atoms with van der Waals surface area (Å²) in [7, 11) is 0. The number of carbonyl (C=O) groups is 2. The van der Waals surface area contributed by atoms with E-state index in [9.17, 15) is 14.9 Å². The van der Waals surface area contributed by atoms with Crippen LogP contribution in [0.1, 0.15) is 48.0 Å². The number of aromatic nitrogens is 2. The van der Waals surface area contributed by atoms with Crippen molar-refractivity contribution in [3.63, 3.8) is 0 Å². The van der Waals surface area contributed by atoms with Crippen LogP contribution in [0.2, 0.25) is 0 Å². The molecule has 35 heavy (non-hydrogen) atoms. The quantitative estimate of drug-likeness (QED) is 0.304. The van der Waals surface area contributed by atoms with Crippen molar-refractivity contribution in [1.29, 1.82) is 10.7 Å². The molecule has 0 spiro atoms. The van der Waals surface area contributed by atoms with Crippen molar-refractivity contribution in [2.75, 3.05) is 23.8 Å². The highest BCUT2D eigenvalue weighted by Crippen LogP contribution is 2.36. The summed E-state index contributed by atoms with van der Waals surface area (Å²) in [5.74, 6) is -0.665. The van der Waals surface area contributed by atoms with Crippen LogP contribution in [0, 0.1) is 22.7 Å². The lowest BCUT2D eigenvalue weighted by molar-refractivity contribution is -0.117. The first-order chi connectivity index (χ1) is 16.9. The molecule has 5 N–H and O–H groups in total. The van der Waals surface area contributed by atoms with Gasteiger partial charge in [-0.15, -0.1) is 0 Å². The Bertz CT molecular complexity index is 1150. The predicted octanol–water partition coefficient (Wildman–Crippen LogP) is 2.28. The van der Waals surface area contributed by atoms with Crippen LogP contribution in [-0.4, -0.2) is 52.0 Å². The number of rotatable bonds is 10. The summed E-state index contributed by atoms with van der Waals surface area (Å²) < 4.78 is 1.67. The zero-order valence-electron chi connectivity index (χ0n) is 19.4. The molecule has 182 valence electrons. The van der Waals surface area contributed by atoms with Crippen molar-refractivity contribution in [2.45, 2.75) is 44.2 Å².